The number of aliphatic hydroxyl groups excluding tert-OH is 3. The minimum atomic E-state index is -1.04. The maximum absolute atomic E-state index is 11.4. The summed E-state index contributed by atoms with van der Waals surface area (Å²) in [6.07, 6.45) is 0. The first kappa shape index (κ1) is 32.1. The molecule has 0 amide bonds. The summed E-state index contributed by atoms with van der Waals surface area (Å²) in [4.78, 5) is 44.3. The van der Waals surface area contributed by atoms with Crippen molar-refractivity contribution in [2.75, 3.05) is 118 Å². The molecular formula is C21H42N6O9. The number of carboxylic acid groups (broad SMARTS) is 3. The monoisotopic (exact) mass is 522 g/mol. The van der Waals surface area contributed by atoms with Gasteiger partial charge in [0.1, 0.15) is 0 Å². The molecule has 0 aromatic rings. The van der Waals surface area contributed by atoms with E-state index in [9.17, 15) is 45.0 Å². The van der Waals surface area contributed by atoms with E-state index in [1.807, 2.05) is 0 Å². The minimum Gasteiger partial charge on any atom is -0.480 e. The molecule has 1 saturated heterocycles. The molecule has 0 atom stereocenters. The highest BCUT2D eigenvalue weighted by atomic mass is 16.4. The highest BCUT2D eigenvalue weighted by Gasteiger charge is 2.19. The number of aliphatic hydroxyl groups is 3. The van der Waals surface area contributed by atoms with Crippen LogP contribution in [0.3, 0.4) is 0 Å². The van der Waals surface area contributed by atoms with Gasteiger partial charge in [0.25, 0.3) is 0 Å². The van der Waals surface area contributed by atoms with Crippen molar-refractivity contribution in [1.29, 1.82) is 0 Å². The van der Waals surface area contributed by atoms with Gasteiger partial charge in [-0.15, -0.1) is 0 Å². The lowest BCUT2D eigenvalue weighted by Crippen LogP contribution is -2.48. The minimum absolute atomic E-state index is 0.214. The quantitative estimate of drug-likeness (QED) is 0.171. The van der Waals surface area contributed by atoms with Crippen molar-refractivity contribution in [2.45, 2.75) is 0 Å². The third-order valence-electron chi connectivity index (χ3n) is 6.07. The molecule has 1 aliphatic heterocycles. The van der Waals surface area contributed by atoms with Crippen LogP contribution in [0.2, 0.25) is 0 Å². The van der Waals surface area contributed by atoms with Crippen LogP contribution in [0.25, 0.3) is 0 Å². The smallest absolute Gasteiger partial charge is 0.317 e. The van der Waals surface area contributed by atoms with Gasteiger partial charge in [0.15, 0.2) is 0 Å². The van der Waals surface area contributed by atoms with Gasteiger partial charge in [-0.25, -0.2) is 0 Å². The first-order valence-electron chi connectivity index (χ1n) is 12.0. The van der Waals surface area contributed by atoms with Gasteiger partial charge in [-0.05, 0) is 0 Å². The zero-order valence-corrected chi connectivity index (χ0v) is 20.8. The number of carbonyl (C=O) groups is 3. The summed E-state index contributed by atoms with van der Waals surface area (Å²) in [6, 6.07) is 0. The third kappa shape index (κ3) is 14.6. The summed E-state index contributed by atoms with van der Waals surface area (Å²) < 4.78 is 0. The molecule has 0 radical (unpaired) electrons. The fourth-order valence-corrected chi connectivity index (χ4v) is 3.84. The van der Waals surface area contributed by atoms with Crippen LogP contribution < -0.4 is 0 Å². The van der Waals surface area contributed by atoms with Gasteiger partial charge in [0.2, 0.25) is 0 Å². The summed E-state index contributed by atoms with van der Waals surface area (Å²) in [5.74, 6) is -3.09. The molecule has 0 spiro atoms. The Morgan fingerprint density at radius 3 is 0.694 bits per heavy atom. The van der Waals surface area contributed by atoms with Crippen molar-refractivity contribution in [3.05, 3.63) is 0 Å². The lowest BCUT2D eigenvalue weighted by Gasteiger charge is -2.32. The molecule has 0 unspecified atom stereocenters. The van der Waals surface area contributed by atoms with Crippen molar-refractivity contribution in [3.8, 4) is 0 Å². The summed E-state index contributed by atoms with van der Waals surface area (Å²) in [5, 5.41) is 57.1. The molecule has 15 nitrogen and oxygen atoms in total. The zero-order chi connectivity index (χ0) is 26.9. The average Bonchev–Trinajstić information content (AvgIpc) is 2.81. The summed E-state index contributed by atoms with van der Waals surface area (Å²) in [6.45, 7) is 2.75. The maximum atomic E-state index is 11.4. The number of rotatable bonds is 9. The molecule has 0 aromatic carbocycles. The van der Waals surface area contributed by atoms with Gasteiger partial charge in [-0.2, -0.15) is 0 Å². The zero-order valence-electron chi connectivity index (χ0n) is 20.8. The molecule has 0 aromatic heterocycles. The van der Waals surface area contributed by atoms with E-state index in [-0.39, 0.29) is 66.0 Å². The largest absolute Gasteiger partial charge is 0.480 e. The van der Waals surface area contributed by atoms with Gasteiger partial charge in [0.05, 0.1) is 39.8 Å². The standard InChI is InChI=1S/C21H42N6O9/c28-16-25-7-5-23(14-20(33)34)3-1-22(13-19(31)32)2-4-24(15-21(35)36)6-8-26(17-29)10-12-27(18-30)11-9-25/h28-30H,1-18H2,(H,31,32)(H,33,34)(H,35,36). The Labute approximate surface area is 211 Å². The van der Waals surface area contributed by atoms with Crippen LogP contribution in [0.15, 0.2) is 0 Å². The molecule has 1 fully saturated rings. The van der Waals surface area contributed by atoms with E-state index in [2.05, 4.69) is 0 Å². The molecule has 1 heterocycles. The van der Waals surface area contributed by atoms with Gasteiger partial charge in [-0.3, -0.25) is 43.8 Å². The van der Waals surface area contributed by atoms with Crippen LogP contribution in [-0.2, 0) is 14.4 Å². The summed E-state index contributed by atoms with van der Waals surface area (Å²) in [5.41, 5.74) is 0. The van der Waals surface area contributed by atoms with Crippen LogP contribution in [0.1, 0.15) is 0 Å². The molecule has 1 rings (SSSR count). The van der Waals surface area contributed by atoms with Crippen LogP contribution in [0.5, 0.6) is 0 Å². The van der Waals surface area contributed by atoms with Gasteiger partial charge >= 0.3 is 17.9 Å². The molecule has 6 N–H and O–H groups in total. The van der Waals surface area contributed by atoms with Crippen LogP contribution in [0, 0.1) is 0 Å². The molecule has 1 aliphatic rings. The highest BCUT2D eigenvalue weighted by Crippen LogP contribution is 2.01. The lowest BCUT2D eigenvalue weighted by atomic mass is 10.3. The van der Waals surface area contributed by atoms with E-state index < -0.39 is 17.9 Å². The van der Waals surface area contributed by atoms with Crippen LogP contribution >= 0.6 is 0 Å². The fourth-order valence-electron chi connectivity index (χ4n) is 3.84. The van der Waals surface area contributed by atoms with E-state index in [0.717, 1.165) is 0 Å². The Morgan fingerprint density at radius 1 is 0.389 bits per heavy atom. The number of carboxylic acids is 3. The number of aliphatic carboxylic acids is 3. The Balaban J connectivity index is 3.04. The second-order valence-corrected chi connectivity index (χ2v) is 8.79. The van der Waals surface area contributed by atoms with E-state index in [0.29, 0.717) is 52.4 Å². The molecule has 0 saturated carbocycles. The normalized spacial score (nSPS) is 21.1. The van der Waals surface area contributed by atoms with Crippen LogP contribution in [0.4, 0.5) is 0 Å². The average molecular weight is 523 g/mol. The molecular weight excluding hydrogens is 480 g/mol. The molecule has 0 bridgehead atoms. The molecule has 210 valence electrons. The SMILES string of the molecule is O=C(O)CN1CCN(CO)CCN(CO)CCN(CO)CCN(CC(=O)O)CCN(CC(=O)O)CC1. The van der Waals surface area contributed by atoms with E-state index in [1.54, 1.807) is 29.4 Å². The number of hydrogen-bond donors (Lipinski definition) is 6. The van der Waals surface area contributed by atoms with Crippen molar-refractivity contribution in [2.24, 2.45) is 0 Å². The van der Waals surface area contributed by atoms with Gasteiger partial charge in [-0.1, -0.05) is 0 Å². The Bertz CT molecular complexity index is 615. The number of hydrogen-bond acceptors (Lipinski definition) is 12. The van der Waals surface area contributed by atoms with Crippen molar-refractivity contribution in [3.63, 3.8) is 0 Å². The van der Waals surface area contributed by atoms with Crippen molar-refractivity contribution >= 4 is 17.9 Å². The van der Waals surface area contributed by atoms with Gasteiger partial charge in [0, 0.05) is 78.5 Å². The van der Waals surface area contributed by atoms with Crippen molar-refractivity contribution < 1.29 is 45.0 Å². The lowest BCUT2D eigenvalue weighted by molar-refractivity contribution is -0.140. The first-order chi connectivity index (χ1) is 17.2. The van der Waals surface area contributed by atoms with Crippen molar-refractivity contribution in [1.82, 2.24) is 29.4 Å². The molecule has 15 heteroatoms. The Hall–Kier alpha value is -1.95. The Kier molecular flexibility index (Phi) is 16.3. The summed E-state index contributed by atoms with van der Waals surface area (Å²) >= 11 is 0. The van der Waals surface area contributed by atoms with Crippen LogP contribution in [-0.4, -0.2) is 196 Å². The second kappa shape index (κ2) is 18.3. The second-order valence-electron chi connectivity index (χ2n) is 8.79. The first-order valence-corrected chi connectivity index (χ1v) is 12.0. The highest BCUT2D eigenvalue weighted by molar-refractivity contribution is 5.69. The summed E-state index contributed by atoms with van der Waals surface area (Å²) in [7, 11) is 0. The number of nitrogens with zero attached hydrogens (tertiary/aromatic N) is 6. The molecule has 0 aliphatic carbocycles. The van der Waals surface area contributed by atoms with Gasteiger partial charge < -0.3 is 30.6 Å². The topological polar surface area (TPSA) is 192 Å². The third-order valence-corrected chi connectivity index (χ3v) is 6.07. The van der Waals surface area contributed by atoms with E-state index >= 15 is 0 Å². The maximum Gasteiger partial charge on any atom is 0.317 e. The molecule has 36 heavy (non-hydrogen) atoms. The predicted octanol–water partition coefficient (Wildman–Crippen LogP) is -4.08. The van der Waals surface area contributed by atoms with E-state index in [4.69, 9.17) is 0 Å². The fraction of sp³-hybridized carbons (Fsp3) is 0.857. The predicted molar refractivity (Wildman–Crippen MR) is 128 cm³/mol. The van der Waals surface area contributed by atoms with E-state index in [1.165, 1.54) is 0 Å². The Morgan fingerprint density at radius 2 is 0.556 bits per heavy atom.